The molecule has 2 fully saturated rings. The third-order valence-corrected chi connectivity index (χ3v) is 6.02. The second kappa shape index (κ2) is 6.25. The fraction of sp³-hybridized carbons (Fsp3) is 0.692. The smallest absolute Gasteiger partial charge is 0.225 e. The van der Waals surface area contributed by atoms with Gasteiger partial charge < -0.3 is 10.2 Å². The molecule has 0 aliphatic carbocycles. The van der Waals surface area contributed by atoms with Crippen LogP contribution in [0.15, 0.2) is 18.5 Å². The normalized spacial score (nSPS) is 24.4. The molecule has 1 aromatic heterocycles. The number of rotatable bonds is 4. The van der Waals surface area contributed by atoms with E-state index in [0.717, 1.165) is 19.4 Å². The van der Waals surface area contributed by atoms with Crippen molar-refractivity contribution in [1.82, 2.24) is 19.6 Å². The largest absolute Gasteiger partial charge is 0.338 e. The monoisotopic (exact) mass is 311 g/mol. The predicted molar refractivity (Wildman–Crippen MR) is 80.6 cm³/mol. The molecule has 7 nitrogen and oxygen atoms in total. The first-order valence-corrected chi connectivity index (χ1v) is 8.99. The number of aromatic nitrogens is 2. The standard InChI is InChI=1S/C13H21N5O2S/c19-21(20,11-12-3-1-4-14-12)18-9-7-17(8-10-18)13-15-5-2-6-16-13/h2,5-6,12,14H,1,3-4,7-11H2. The fourth-order valence-corrected chi connectivity index (χ4v) is 4.60. The molecule has 0 spiro atoms. The van der Waals surface area contributed by atoms with Gasteiger partial charge in [0.1, 0.15) is 0 Å². The summed E-state index contributed by atoms with van der Waals surface area (Å²) in [5.74, 6) is 0.890. The topological polar surface area (TPSA) is 78.4 Å². The molecule has 1 atom stereocenters. The molecular weight excluding hydrogens is 290 g/mol. The van der Waals surface area contributed by atoms with Gasteiger partial charge in [0, 0.05) is 44.6 Å². The third-order valence-electron chi connectivity index (χ3n) is 4.04. The Morgan fingerprint density at radius 1 is 1.19 bits per heavy atom. The Kier molecular flexibility index (Phi) is 4.37. The van der Waals surface area contributed by atoms with Crippen LogP contribution in [0, 0.1) is 0 Å². The zero-order valence-electron chi connectivity index (χ0n) is 12.0. The SMILES string of the molecule is O=S(=O)(CC1CCCN1)N1CCN(c2ncccn2)CC1. The summed E-state index contributed by atoms with van der Waals surface area (Å²) in [5, 5.41) is 3.25. The van der Waals surface area contributed by atoms with Gasteiger partial charge in [-0.3, -0.25) is 0 Å². The van der Waals surface area contributed by atoms with Crippen LogP contribution in [-0.4, -0.2) is 67.2 Å². The van der Waals surface area contributed by atoms with Crippen molar-refractivity contribution in [3.63, 3.8) is 0 Å². The summed E-state index contributed by atoms with van der Waals surface area (Å²) >= 11 is 0. The van der Waals surface area contributed by atoms with E-state index in [0.29, 0.717) is 32.1 Å². The quantitative estimate of drug-likeness (QED) is 0.821. The lowest BCUT2D eigenvalue weighted by Gasteiger charge is -2.34. The van der Waals surface area contributed by atoms with Crippen LogP contribution < -0.4 is 10.2 Å². The van der Waals surface area contributed by atoms with Crippen LogP contribution in [0.1, 0.15) is 12.8 Å². The number of nitrogens with one attached hydrogen (secondary N) is 1. The van der Waals surface area contributed by atoms with Crippen LogP contribution in [0.25, 0.3) is 0 Å². The molecule has 1 aromatic rings. The highest BCUT2D eigenvalue weighted by atomic mass is 32.2. The van der Waals surface area contributed by atoms with E-state index in [1.807, 2.05) is 4.90 Å². The van der Waals surface area contributed by atoms with Gasteiger partial charge in [-0.15, -0.1) is 0 Å². The molecule has 1 N–H and O–H groups in total. The van der Waals surface area contributed by atoms with Crippen molar-refractivity contribution in [2.75, 3.05) is 43.4 Å². The van der Waals surface area contributed by atoms with E-state index in [-0.39, 0.29) is 11.8 Å². The zero-order valence-corrected chi connectivity index (χ0v) is 12.8. The van der Waals surface area contributed by atoms with Gasteiger partial charge in [0.05, 0.1) is 5.75 Å². The van der Waals surface area contributed by atoms with Gasteiger partial charge in [-0.25, -0.2) is 18.4 Å². The van der Waals surface area contributed by atoms with Crippen molar-refractivity contribution in [2.24, 2.45) is 0 Å². The minimum Gasteiger partial charge on any atom is -0.338 e. The molecule has 2 saturated heterocycles. The number of sulfonamides is 1. The van der Waals surface area contributed by atoms with Crippen molar-refractivity contribution >= 4 is 16.0 Å². The lowest BCUT2D eigenvalue weighted by atomic mass is 10.3. The van der Waals surface area contributed by atoms with Crippen molar-refractivity contribution in [2.45, 2.75) is 18.9 Å². The molecule has 2 aliphatic rings. The molecule has 2 aliphatic heterocycles. The first-order valence-electron chi connectivity index (χ1n) is 7.38. The summed E-state index contributed by atoms with van der Waals surface area (Å²) in [6, 6.07) is 1.89. The summed E-state index contributed by atoms with van der Waals surface area (Å²) in [7, 11) is -3.17. The Morgan fingerprint density at radius 2 is 1.90 bits per heavy atom. The van der Waals surface area contributed by atoms with Crippen LogP contribution in [0.5, 0.6) is 0 Å². The molecular formula is C13H21N5O2S. The van der Waals surface area contributed by atoms with Crippen LogP contribution in [0.2, 0.25) is 0 Å². The molecule has 116 valence electrons. The molecule has 0 radical (unpaired) electrons. The predicted octanol–water partition coefficient (Wildman–Crippen LogP) is -0.320. The molecule has 0 saturated carbocycles. The first-order chi connectivity index (χ1) is 10.1. The average molecular weight is 311 g/mol. The van der Waals surface area contributed by atoms with E-state index in [4.69, 9.17) is 0 Å². The maximum Gasteiger partial charge on any atom is 0.225 e. The van der Waals surface area contributed by atoms with Gasteiger partial charge in [0.15, 0.2) is 0 Å². The molecule has 0 bridgehead atoms. The van der Waals surface area contributed by atoms with Gasteiger partial charge in [0.25, 0.3) is 0 Å². The van der Waals surface area contributed by atoms with Crippen LogP contribution in [-0.2, 0) is 10.0 Å². The minimum absolute atomic E-state index is 0.116. The van der Waals surface area contributed by atoms with E-state index in [1.165, 1.54) is 0 Å². The zero-order chi connectivity index (χ0) is 14.7. The summed E-state index contributed by atoms with van der Waals surface area (Å²) in [6.45, 7) is 3.22. The van der Waals surface area contributed by atoms with E-state index < -0.39 is 10.0 Å². The van der Waals surface area contributed by atoms with Crippen molar-refractivity contribution in [1.29, 1.82) is 0 Å². The highest BCUT2D eigenvalue weighted by Gasteiger charge is 2.30. The number of hydrogen-bond donors (Lipinski definition) is 1. The third kappa shape index (κ3) is 3.50. The summed E-state index contributed by atoms with van der Waals surface area (Å²) in [5.41, 5.74) is 0. The number of piperazine rings is 1. The second-order valence-electron chi connectivity index (χ2n) is 5.51. The molecule has 0 aromatic carbocycles. The minimum atomic E-state index is -3.17. The maximum atomic E-state index is 12.4. The Hall–Kier alpha value is -1.25. The first kappa shape index (κ1) is 14.7. The summed E-state index contributed by atoms with van der Waals surface area (Å²) in [4.78, 5) is 10.4. The molecule has 8 heteroatoms. The van der Waals surface area contributed by atoms with Crippen molar-refractivity contribution < 1.29 is 8.42 Å². The lowest BCUT2D eigenvalue weighted by molar-refractivity contribution is 0.380. The fourth-order valence-electron chi connectivity index (χ4n) is 2.88. The van der Waals surface area contributed by atoms with Gasteiger partial charge >= 0.3 is 0 Å². The molecule has 3 rings (SSSR count). The second-order valence-corrected chi connectivity index (χ2v) is 7.52. The van der Waals surface area contributed by atoms with E-state index in [1.54, 1.807) is 22.8 Å². The van der Waals surface area contributed by atoms with Crippen LogP contribution in [0.3, 0.4) is 0 Å². The van der Waals surface area contributed by atoms with E-state index in [2.05, 4.69) is 15.3 Å². The number of hydrogen-bond acceptors (Lipinski definition) is 6. The van der Waals surface area contributed by atoms with Gasteiger partial charge in [-0.05, 0) is 25.5 Å². The van der Waals surface area contributed by atoms with Crippen LogP contribution >= 0.6 is 0 Å². The molecule has 21 heavy (non-hydrogen) atoms. The average Bonchev–Trinajstić information content (AvgIpc) is 3.00. The van der Waals surface area contributed by atoms with Gasteiger partial charge in [0.2, 0.25) is 16.0 Å². The van der Waals surface area contributed by atoms with Gasteiger partial charge in [-0.2, -0.15) is 4.31 Å². The Labute approximate surface area is 125 Å². The van der Waals surface area contributed by atoms with Crippen molar-refractivity contribution in [3.05, 3.63) is 18.5 Å². The maximum absolute atomic E-state index is 12.4. The number of anilines is 1. The highest BCUT2D eigenvalue weighted by Crippen LogP contribution is 2.15. The van der Waals surface area contributed by atoms with Crippen molar-refractivity contribution in [3.8, 4) is 0 Å². The van der Waals surface area contributed by atoms with E-state index in [9.17, 15) is 8.42 Å². The van der Waals surface area contributed by atoms with E-state index >= 15 is 0 Å². The molecule has 0 amide bonds. The Morgan fingerprint density at radius 3 is 2.52 bits per heavy atom. The summed E-state index contributed by atoms with van der Waals surface area (Å²) < 4.78 is 26.4. The number of nitrogens with zero attached hydrogens (tertiary/aromatic N) is 4. The molecule has 3 heterocycles. The Bertz CT molecular complexity index is 551. The summed E-state index contributed by atoms with van der Waals surface area (Å²) in [6.07, 6.45) is 5.44. The van der Waals surface area contributed by atoms with Gasteiger partial charge in [-0.1, -0.05) is 0 Å². The Balaban J connectivity index is 1.57. The van der Waals surface area contributed by atoms with Crippen LogP contribution in [0.4, 0.5) is 5.95 Å². The lowest BCUT2D eigenvalue weighted by Crippen LogP contribution is -2.51. The highest BCUT2D eigenvalue weighted by molar-refractivity contribution is 7.89. The molecule has 1 unspecified atom stereocenters.